The van der Waals surface area contributed by atoms with Crippen LogP contribution in [0.4, 0.5) is 5.69 Å². The Balaban J connectivity index is 1.97. The third-order valence-corrected chi connectivity index (χ3v) is 4.63. The number of nitrogens with zero attached hydrogens (tertiary/aromatic N) is 1. The molecule has 0 aliphatic heterocycles. The van der Waals surface area contributed by atoms with Gasteiger partial charge in [0.25, 0.3) is 5.91 Å². The van der Waals surface area contributed by atoms with Crippen molar-refractivity contribution in [1.29, 1.82) is 0 Å². The molecule has 0 atom stereocenters. The van der Waals surface area contributed by atoms with Gasteiger partial charge in [0.05, 0.1) is 11.9 Å². The van der Waals surface area contributed by atoms with Crippen LogP contribution < -0.4 is 20.5 Å². The van der Waals surface area contributed by atoms with E-state index in [4.69, 9.17) is 0 Å². The highest BCUT2D eigenvalue weighted by Gasteiger charge is 2.27. The van der Waals surface area contributed by atoms with Crippen LogP contribution in [-0.2, 0) is 24.4 Å². The number of sulfonamides is 1. The highest BCUT2D eigenvalue weighted by atomic mass is 32.2. The van der Waals surface area contributed by atoms with Crippen molar-refractivity contribution in [3.63, 3.8) is 0 Å². The van der Waals surface area contributed by atoms with Crippen molar-refractivity contribution >= 4 is 33.4 Å². The maximum absolute atomic E-state index is 12.0. The number of para-hydroxylation sites is 1. The number of nitrogens with one attached hydrogen (secondary N) is 3. The lowest BCUT2D eigenvalue weighted by atomic mass is 10.2. The summed E-state index contributed by atoms with van der Waals surface area (Å²) in [6.07, 6.45) is 2.63. The number of carbonyl (C=O) groups excluding carboxylic acids is 3. The Hall–Kier alpha value is -2.62. The molecule has 0 radical (unpaired) electrons. The van der Waals surface area contributed by atoms with E-state index in [-0.39, 0.29) is 6.04 Å². The third kappa shape index (κ3) is 5.45. The predicted molar refractivity (Wildman–Crippen MR) is 90.8 cm³/mol. The number of aryl methyl sites for hydroxylation is 1. The monoisotopic (exact) mass is 368 g/mol. The van der Waals surface area contributed by atoms with Crippen molar-refractivity contribution in [2.75, 3.05) is 17.1 Å². The molecule has 1 saturated carbocycles. The molecule has 0 unspecified atom stereocenters. The molecule has 136 valence electrons. The van der Waals surface area contributed by atoms with Gasteiger partial charge in [0, 0.05) is 6.04 Å². The van der Waals surface area contributed by atoms with Crippen molar-refractivity contribution in [2.24, 2.45) is 0 Å². The molecule has 0 heterocycles. The predicted octanol–water partition coefficient (Wildman–Crippen LogP) is -0.813. The Morgan fingerprint density at radius 2 is 1.76 bits per heavy atom. The van der Waals surface area contributed by atoms with E-state index in [1.54, 1.807) is 31.2 Å². The van der Waals surface area contributed by atoms with Gasteiger partial charge < -0.3 is 5.32 Å². The fourth-order valence-electron chi connectivity index (χ4n) is 2.06. The summed E-state index contributed by atoms with van der Waals surface area (Å²) in [5.41, 5.74) is 5.04. The van der Waals surface area contributed by atoms with Gasteiger partial charge in [0.1, 0.15) is 6.54 Å². The molecule has 0 aromatic heterocycles. The number of amides is 3. The van der Waals surface area contributed by atoms with E-state index in [1.807, 2.05) is 10.9 Å². The highest BCUT2D eigenvalue weighted by Crippen LogP contribution is 2.21. The molecule has 3 amide bonds. The molecule has 3 N–H and O–H groups in total. The van der Waals surface area contributed by atoms with E-state index >= 15 is 0 Å². The van der Waals surface area contributed by atoms with Gasteiger partial charge in [-0.05, 0) is 31.4 Å². The first-order chi connectivity index (χ1) is 11.7. The molecule has 1 aliphatic carbocycles. The van der Waals surface area contributed by atoms with Crippen LogP contribution in [0.1, 0.15) is 18.4 Å². The van der Waals surface area contributed by atoms with Crippen LogP contribution in [0.2, 0.25) is 0 Å². The van der Waals surface area contributed by atoms with Crippen LogP contribution in [0.25, 0.3) is 0 Å². The Labute approximate surface area is 145 Å². The first-order valence-corrected chi connectivity index (χ1v) is 9.46. The van der Waals surface area contributed by atoms with Crippen LogP contribution in [0.15, 0.2) is 24.3 Å². The molecule has 9 nitrogen and oxygen atoms in total. The first-order valence-electron chi connectivity index (χ1n) is 7.61. The van der Waals surface area contributed by atoms with Crippen LogP contribution in [0.5, 0.6) is 0 Å². The number of hydrazine groups is 1. The van der Waals surface area contributed by atoms with Crippen molar-refractivity contribution in [3.05, 3.63) is 29.8 Å². The number of hydrogen-bond acceptors (Lipinski definition) is 5. The second kappa shape index (κ2) is 7.51. The highest BCUT2D eigenvalue weighted by molar-refractivity contribution is 7.92. The molecule has 1 aliphatic rings. The smallest absolute Gasteiger partial charge is 0.327 e. The number of rotatable bonds is 5. The first kappa shape index (κ1) is 18.7. The van der Waals surface area contributed by atoms with Crippen molar-refractivity contribution in [2.45, 2.75) is 25.8 Å². The zero-order valence-corrected chi connectivity index (χ0v) is 14.7. The molecule has 0 bridgehead atoms. The Morgan fingerprint density at radius 1 is 1.12 bits per heavy atom. The molecule has 2 rings (SSSR count). The summed E-state index contributed by atoms with van der Waals surface area (Å²) >= 11 is 0. The van der Waals surface area contributed by atoms with E-state index in [9.17, 15) is 22.8 Å². The summed E-state index contributed by atoms with van der Waals surface area (Å²) in [5, 5.41) is 2.47. The summed E-state index contributed by atoms with van der Waals surface area (Å²) in [7, 11) is -3.72. The summed E-state index contributed by atoms with van der Waals surface area (Å²) in [6.45, 7) is 1.18. The number of carbonyl (C=O) groups is 3. The van der Waals surface area contributed by atoms with Crippen LogP contribution in [0, 0.1) is 6.92 Å². The quantitative estimate of drug-likeness (QED) is 0.463. The van der Waals surface area contributed by atoms with Crippen molar-refractivity contribution < 1.29 is 22.8 Å². The second-order valence-corrected chi connectivity index (χ2v) is 7.71. The normalized spacial score (nSPS) is 13.7. The standard InChI is InChI=1S/C15H20N4O5S/c1-10-5-3-4-6-12(10)19(25(2,23)24)9-13(20)17-18-15(22)14(21)16-11-7-8-11/h3-6,11H,7-9H2,1-2H3,(H,16,21)(H,17,20)(H,18,22). The van der Waals surface area contributed by atoms with Crippen molar-refractivity contribution in [3.8, 4) is 0 Å². The number of anilines is 1. The third-order valence-electron chi connectivity index (χ3n) is 3.51. The van der Waals surface area contributed by atoms with E-state index in [0.29, 0.717) is 11.3 Å². The molecular weight excluding hydrogens is 348 g/mol. The Kier molecular flexibility index (Phi) is 5.62. The maximum atomic E-state index is 12.0. The number of hydrogen-bond donors (Lipinski definition) is 3. The van der Waals surface area contributed by atoms with Gasteiger partial charge in [-0.25, -0.2) is 8.42 Å². The summed E-state index contributed by atoms with van der Waals surface area (Å²) in [4.78, 5) is 35.0. The van der Waals surface area contributed by atoms with Gasteiger partial charge >= 0.3 is 11.8 Å². The molecule has 10 heteroatoms. The minimum absolute atomic E-state index is 0.00994. The lowest BCUT2D eigenvalue weighted by Gasteiger charge is -2.23. The van der Waals surface area contributed by atoms with Gasteiger partial charge in [-0.1, -0.05) is 18.2 Å². The summed E-state index contributed by atoms with van der Waals surface area (Å²) < 4.78 is 24.9. The molecule has 0 spiro atoms. The zero-order chi connectivity index (χ0) is 18.6. The van der Waals surface area contributed by atoms with E-state index in [0.717, 1.165) is 23.4 Å². The Morgan fingerprint density at radius 3 is 2.32 bits per heavy atom. The van der Waals surface area contributed by atoms with Gasteiger partial charge in [-0.2, -0.15) is 0 Å². The minimum Gasteiger partial charge on any atom is -0.345 e. The van der Waals surface area contributed by atoms with Gasteiger partial charge in [-0.15, -0.1) is 0 Å². The average Bonchev–Trinajstić information content (AvgIpc) is 3.34. The summed E-state index contributed by atoms with van der Waals surface area (Å²) in [6, 6.07) is 6.71. The van der Waals surface area contributed by atoms with E-state index in [1.165, 1.54) is 0 Å². The fraction of sp³-hybridized carbons (Fsp3) is 0.400. The van der Waals surface area contributed by atoms with Crippen molar-refractivity contribution in [1.82, 2.24) is 16.2 Å². The largest absolute Gasteiger partial charge is 0.345 e. The van der Waals surface area contributed by atoms with Crippen LogP contribution in [0.3, 0.4) is 0 Å². The zero-order valence-electron chi connectivity index (χ0n) is 13.9. The van der Waals surface area contributed by atoms with Gasteiger partial charge in [0.15, 0.2) is 0 Å². The van der Waals surface area contributed by atoms with Crippen LogP contribution >= 0.6 is 0 Å². The van der Waals surface area contributed by atoms with Crippen LogP contribution in [-0.4, -0.2) is 45.0 Å². The molecule has 0 saturated heterocycles. The second-order valence-electron chi connectivity index (χ2n) is 5.81. The topological polar surface area (TPSA) is 125 Å². The van der Waals surface area contributed by atoms with E-state index in [2.05, 4.69) is 5.32 Å². The van der Waals surface area contributed by atoms with Gasteiger partial charge in [0.2, 0.25) is 10.0 Å². The maximum Gasteiger partial charge on any atom is 0.327 e. The molecule has 1 aromatic carbocycles. The fourth-order valence-corrected chi connectivity index (χ4v) is 2.97. The van der Waals surface area contributed by atoms with Gasteiger partial charge in [-0.3, -0.25) is 29.5 Å². The molecule has 25 heavy (non-hydrogen) atoms. The summed E-state index contributed by atoms with van der Waals surface area (Å²) in [5.74, 6) is -2.63. The molecule has 1 aromatic rings. The molecule has 1 fully saturated rings. The van der Waals surface area contributed by atoms with E-state index < -0.39 is 34.3 Å². The average molecular weight is 368 g/mol. The number of benzene rings is 1. The lowest BCUT2D eigenvalue weighted by Crippen LogP contribution is -2.51. The minimum atomic E-state index is -3.72. The lowest BCUT2D eigenvalue weighted by molar-refractivity contribution is -0.140. The Bertz CT molecular complexity index is 789. The molecular formula is C15H20N4O5S. The SMILES string of the molecule is Cc1ccccc1N(CC(=O)NNC(=O)C(=O)NC1CC1)S(C)(=O)=O.